The van der Waals surface area contributed by atoms with Crippen molar-refractivity contribution in [2.24, 2.45) is 0 Å². The van der Waals surface area contributed by atoms with Crippen molar-refractivity contribution in [1.82, 2.24) is 0 Å². The number of amides is 1. The number of nitrogen functional groups attached to an aromatic ring is 1. The molecule has 104 valence electrons. The van der Waals surface area contributed by atoms with Crippen LogP contribution in [0.15, 0.2) is 42.5 Å². The highest BCUT2D eigenvalue weighted by molar-refractivity contribution is 6.08. The van der Waals surface area contributed by atoms with Crippen LogP contribution in [0.3, 0.4) is 0 Å². The Hall–Kier alpha value is -2.29. The largest absolute Gasteiger partial charge is 0.398 e. The van der Waals surface area contributed by atoms with Crippen LogP contribution in [0.5, 0.6) is 0 Å². The number of benzene rings is 2. The van der Waals surface area contributed by atoms with Crippen molar-refractivity contribution in [3.05, 3.63) is 59.2 Å². The summed E-state index contributed by atoms with van der Waals surface area (Å²) in [4.78, 5) is 12.3. The quantitative estimate of drug-likeness (QED) is 0.828. The number of carbonyl (C=O) groups excluding carboxylic acids is 1. The van der Waals surface area contributed by atoms with Crippen molar-refractivity contribution >= 4 is 17.3 Å². The third-order valence-corrected chi connectivity index (χ3v) is 3.37. The second kappa shape index (κ2) is 5.78. The van der Waals surface area contributed by atoms with Gasteiger partial charge in [-0.2, -0.15) is 0 Å². The number of nitrogens with one attached hydrogen (secondary N) is 1. The monoisotopic (exact) mass is 268 g/mol. The Morgan fingerprint density at radius 2 is 1.75 bits per heavy atom. The maximum atomic E-state index is 12.3. The van der Waals surface area contributed by atoms with Crippen LogP contribution in [0.2, 0.25) is 0 Å². The minimum atomic E-state index is -0.169. The Bertz CT molecular complexity index is 595. The fourth-order valence-corrected chi connectivity index (χ4v) is 2.15. The Balaban J connectivity index is 2.19. The Labute approximate surface area is 119 Å². The van der Waals surface area contributed by atoms with Crippen LogP contribution in [0, 0.1) is 6.92 Å². The van der Waals surface area contributed by atoms with Crippen molar-refractivity contribution < 1.29 is 4.79 Å². The van der Waals surface area contributed by atoms with Gasteiger partial charge in [-0.15, -0.1) is 0 Å². The first kappa shape index (κ1) is 14.1. The van der Waals surface area contributed by atoms with Gasteiger partial charge in [0.2, 0.25) is 0 Å². The zero-order valence-corrected chi connectivity index (χ0v) is 12.1. The molecule has 0 atom stereocenters. The molecule has 2 rings (SSSR count). The number of carbonyl (C=O) groups is 1. The van der Waals surface area contributed by atoms with Crippen molar-refractivity contribution in [1.29, 1.82) is 0 Å². The summed E-state index contributed by atoms with van der Waals surface area (Å²) in [5.74, 6) is 0.310. The van der Waals surface area contributed by atoms with Gasteiger partial charge in [-0.3, -0.25) is 4.79 Å². The van der Waals surface area contributed by atoms with Crippen LogP contribution in [-0.2, 0) is 0 Å². The molecule has 1 amide bonds. The van der Waals surface area contributed by atoms with E-state index in [1.807, 2.05) is 43.3 Å². The molecule has 0 saturated carbocycles. The third kappa shape index (κ3) is 2.99. The molecule has 0 aliphatic carbocycles. The number of rotatable bonds is 3. The highest BCUT2D eigenvalue weighted by Crippen LogP contribution is 2.20. The molecule has 2 aromatic rings. The average molecular weight is 268 g/mol. The summed E-state index contributed by atoms with van der Waals surface area (Å²) in [6.45, 7) is 6.16. The van der Waals surface area contributed by atoms with Crippen LogP contribution in [0.1, 0.15) is 41.3 Å². The van der Waals surface area contributed by atoms with Gasteiger partial charge in [0, 0.05) is 11.4 Å². The van der Waals surface area contributed by atoms with E-state index in [9.17, 15) is 4.79 Å². The summed E-state index contributed by atoms with van der Waals surface area (Å²) in [6.07, 6.45) is 0. The first-order chi connectivity index (χ1) is 9.49. The molecule has 3 heteroatoms. The molecule has 0 bridgehead atoms. The van der Waals surface area contributed by atoms with Gasteiger partial charge in [0.15, 0.2) is 0 Å². The number of hydrogen-bond acceptors (Lipinski definition) is 2. The molecule has 0 saturated heterocycles. The lowest BCUT2D eigenvalue weighted by Gasteiger charge is -2.11. The predicted molar refractivity (Wildman–Crippen MR) is 84.1 cm³/mol. The smallest absolute Gasteiger partial charge is 0.258 e. The van der Waals surface area contributed by atoms with Crippen LogP contribution in [-0.4, -0.2) is 5.91 Å². The zero-order valence-electron chi connectivity index (χ0n) is 12.1. The highest BCUT2D eigenvalue weighted by atomic mass is 16.1. The molecule has 0 aliphatic rings. The zero-order chi connectivity index (χ0) is 14.7. The molecular weight excluding hydrogens is 248 g/mol. The van der Waals surface area contributed by atoms with Crippen LogP contribution >= 0.6 is 0 Å². The lowest BCUT2D eigenvalue weighted by Crippen LogP contribution is -2.15. The molecule has 0 heterocycles. The predicted octanol–water partition coefficient (Wildman–Crippen LogP) is 3.95. The number of anilines is 2. The van der Waals surface area contributed by atoms with Crippen molar-refractivity contribution in [3.8, 4) is 0 Å². The molecule has 20 heavy (non-hydrogen) atoms. The van der Waals surface area contributed by atoms with E-state index in [0.717, 1.165) is 11.3 Å². The van der Waals surface area contributed by atoms with Crippen molar-refractivity contribution in [2.45, 2.75) is 26.7 Å². The van der Waals surface area contributed by atoms with Crippen LogP contribution < -0.4 is 11.1 Å². The SMILES string of the molecule is Cc1cccc(N)c1C(=O)Nc1ccc(C(C)C)cc1. The van der Waals surface area contributed by atoms with E-state index in [2.05, 4.69) is 19.2 Å². The van der Waals surface area contributed by atoms with Gasteiger partial charge in [-0.1, -0.05) is 38.1 Å². The van der Waals surface area contributed by atoms with E-state index in [4.69, 9.17) is 5.73 Å². The normalized spacial score (nSPS) is 10.6. The van der Waals surface area contributed by atoms with E-state index < -0.39 is 0 Å². The number of aryl methyl sites for hydroxylation is 1. The van der Waals surface area contributed by atoms with Crippen LogP contribution in [0.4, 0.5) is 11.4 Å². The van der Waals surface area contributed by atoms with Gasteiger partial charge in [-0.05, 0) is 42.2 Å². The first-order valence-corrected chi connectivity index (χ1v) is 6.75. The second-order valence-corrected chi connectivity index (χ2v) is 5.27. The summed E-state index contributed by atoms with van der Waals surface area (Å²) in [6, 6.07) is 13.4. The number of hydrogen-bond donors (Lipinski definition) is 2. The summed E-state index contributed by atoms with van der Waals surface area (Å²) in [5, 5.41) is 2.89. The lowest BCUT2D eigenvalue weighted by molar-refractivity contribution is 0.102. The fourth-order valence-electron chi connectivity index (χ4n) is 2.15. The molecule has 0 aliphatic heterocycles. The molecule has 0 spiro atoms. The summed E-state index contributed by atoms with van der Waals surface area (Å²) in [5.41, 5.74) is 9.83. The maximum absolute atomic E-state index is 12.3. The van der Waals surface area contributed by atoms with Crippen molar-refractivity contribution in [2.75, 3.05) is 11.1 Å². The molecule has 3 nitrogen and oxygen atoms in total. The number of nitrogens with two attached hydrogens (primary N) is 1. The standard InChI is InChI=1S/C17H20N2O/c1-11(2)13-7-9-14(10-8-13)19-17(20)16-12(3)5-4-6-15(16)18/h4-11H,18H2,1-3H3,(H,19,20). The van der Waals surface area contributed by atoms with E-state index in [0.29, 0.717) is 17.2 Å². The summed E-state index contributed by atoms with van der Waals surface area (Å²) < 4.78 is 0. The van der Waals surface area contributed by atoms with Crippen LogP contribution in [0.25, 0.3) is 0 Å². The van der Waals surface area contributed by atoms with Gasteiger partial charge in [0.05, 0.1) is 5.56 Å². The molecule has 0 radical (unpaired) electrons. The molecule has 0 aromatic heterocycles. The maximum Gasteiger partial charge on any atom is 0.258 e. The van der Waals surface area contributed by atoms with E-state index >= 15 is 0 Å². The highest BCUT2D eigenvalue weighted by Gasteiger charge is 2.12. The molecule has 0 unspecified atom stereocenters. The van der Waals surface area contributed by atoms with Gasteiger partial charge >= 0.3 is 0 Å². The van der Waals surface area contributed by atoms with E-state index in [-0.39, 0.29) is 5.91 Å². The Morgan fingerprint density at radius 3 is 2.30 bits per heavy atom. The Morgan fingerprint density at radius 1 is 1.10 bits per heavy atom. The van der Waals surface area contributed by atoms with Gasteiger partial charge in [0.1, 0.15) is 0 Å². The van der Waals surface area contributed by atoms with Crippen molar-refractivity contribution in [3.63, 3.8) is 0 Å². The Kier molecular flexibility index (Phi) is 4.08. The second-order valence-electron chi connectivity index (χ2n) is 5.27. The minimum Gasteiger partial charge on any atom is -0.398 e. The van der Waals surface area contributed by atoms with E-state index in [1.54, 1.807) is 6.07 Å². The van der Waals surface area contributed by atoms with Gasteiger partial charge in [-0.25, -0.2) is 0 Å². The fraction of sp³-hybridized carbons (Fsp3) is 0.235. The van der Waals surface area contributed by atoms with E-state index in [1.165, 1.54) is 5.56 Å². The summed E-state index contributed by atoms with van der Waals surface area (Å²) in [7, 11) is 0. The average Bonchev–Trinajstić information content (AvgIpc) is 2.39. The summed E-state index contributed by atoms with van der Waals surface area (Å²) >= 11 is 0. The molecule has 3 N–H and O–H groups in total. The topological polar surface area (TPSA) is 55.1 Å². The molecule has 0 fully saturated rings. The van der Waals surface area contributed by atoms with Gasteiger partial charge < -0.3 is 11.1 Å². The first-order valence-electron chi connectivity index (χ1n) is 6.75. The lowest BCUT2D eigenvalue weighted by atomic mass is 10.0. The molecular formula is C17H20N2O. The third-order valence-electron chi connectivity index (χ3n) is 3.37. The molecule has 2 aromatic carbocycles. The van der Waals surface area contributed by atoms with Gasteiger partial charge in [0.25, 0.3) is 5.91 Å². The minimum absolute atomic E-state index is 0.169.